The number of rotatable bonds is 12. The van der Waals surface area contributed by atoms with Crippen LogP contribution in [0.4, 0.5) is 21.0 Å². The molecule has 9 fully saturated rings. The van der Waals surface area contributed by atoms with Crippen molar-refractivity contribution in [3.63, 3.8) is 0 Å². The van der Waals surface area contributed by atoms with Gasteiger partial charge in [0, 0.05) is 28.8 Å². The number of hydrogen-bond donors (Lipinski definition) is 4. The Morgan fingerprint density at radius 2 is 1.55 bits per heavy atom. The molecular weight excluding hydrogens is 949 g/mol. The average Bonchev–Trinajstić information content (AvgIpc) is 4.40. The predicted molar refractivity (Wildman–Crippen MR) is 280 cm³/mol. The highest BCUT2D eigenvalue weighted by Crippen LogP contribution is 2.83. The van der Waals surface area contributed by atoms with Gasteiger partial charge in [-0.2, -0.15) is 0 Å². The number of ether oxygens (including phenoxy) is 6. The fraction of sp³-hybridized carbons (Fsp3) is 0.597. The number of epoxide rings is 3. The molecule has 6 saturated carbocycles. The van der Waals surface area contributed by atoms with Crippen molar-refractivity contribution in [2.24, 2.45) is 46.3 Å². The molecule has 16 atom stereocenters. The summed E-state index contributed by atoms with van der Waals surface area (Å²) in [5.74, 6) is 1.88. The van der Waals surface area contributed by atoms with Crippen LogP contribution in [0.3, 0.4) is 0 Å². The van der Waals surface area contributed by atoms with Crippen molar-refractivity contribution >= 4 is 29.5 Å². The number of nitrogens with one attached hydrogen (secondary N) is 2. The first kappa shape index (κ1) is 49.5. The molecule has 2 aromatic carbocycles. The maximum absolute atomic E-state index is 13.9. The van der Waals surface area contributed by atoms with E-state index in [1.165, 1.54) is 24.8 Å². The summed E-state index contributed by atoms with van der Waals surface area (Å²) in [6.07, 6.45) is 16.2. The molecular formula is C62H74N2O11. The fourth-order valence-electron chi connectivity index (χ4n) is 16.7. The number of amides is 2. The van der Waals surface area contributed by atoms with Crippen molar-refractivity contribution in [3.05, 3.63) is 118 Å². The molecule has 3 saturated heterocycles. The number of fused-ring (bicyclic) bond motifs is 5. The molecule has 4 N–H and O–H groups in total. The van der Waals surface area contributed by atoms with Crippen LogP contribution in [0.1, 0.15) is 123 Å². The van der Waals surface area contributed by atoms with Gasteiger partial charge in [-0.1, -0.05) is 95.3 Å². The normalized spacial score (nSPS) is 41.6. The highest BCUT2D eigenvalue weighted by atomic mass is 16.8. The van der Waals surface area contributed by atoms with Crippen LogP contribution in [0.5, 0.6) is 0 Å². The monoisotopic (exact) mass is 1020 g/mol. The van der Waals surface area contributed by atoms with Gasteiger partial charge in [-0.3, -0.25) is 10.6 Å². The molecule has 0 bridgehead atoms. The number of benzene rings is 2. The summed E-state index contributed by atoms with van der Waals surface area (Å²) in [6, 6.07) is 15.3. The summed E-state index contributed by atoms with van der Waals surface area (Å²) >= 11 is 0. The quantitative estimate of drug-likeness (QED) is 0.0688. The van der Waals surface area contributed by atoms with Crippen molar-refractivity contribution < 1.29 is 53.0 Å². The van der Waals surface area contributed by atoms with Crippen LogP contribution in [-0.2, 0) is 39.6 Å². The van der Waals surface area contributed by atoms with Crippen molar-refractivity contribution in [1.82, 2.24) is 0 Å². The van der Waals surface area contributed by atoms with E-state index in [2.05, 4.69) is 76.1 Å². The molecule has 0 radical (unpaired) electrons. The smallest absolute Gasteiger partial charge is 0.412 e. The Labute approximate surface area is 440 Å². The predicted octanol–water partition coefficient (Wildman–Crippen LogP) is 10.6. The first-order valence-electron chi connectivity index (χ1n) is 28.2. The lowest BCUT2D eigenvalue weighted by molar-refractivity contribution is -0.136. The molecule has 75 heavy (non-hydrogen) atoms. The third-order valence-electron chi connectivity index (χ3n) is 21.0. The molecule has 4 aliphatic heterocycles. The average molecular weight is 1020 g/mol. The van der Waals surface area contributed by atoms with Gasteiger partial charge in [0.15, 0.2) is 11.7 Å². The number of carbonyl (C=O) groups is 3. The summed E-state index contributed by atoms with van der Waals surface area (Å²) in [5, 5.41) is 27.3. The summed E-state index contributed by atoms with van der Waals surface area (Å²) in [5.41, 5.74) is 5.92. The minimum Gasteiger partial charge on any atom is -0.458 e. The highest BCUT2D eigenvalue weighted by molar-refractivity contribution is 5.92. The van der Waals surface area contributed by atoms with Crippen LogP contribution in [0.15, 0.2) is 107 Å². The molecule has 4 unspecified atom stereocenters. The number of anilines is 2. The van der Waals surface area contributed by atoms with Gasteiger partial charge >= 0.3 is 18.2 Å². The van der Waals surface area contributed by atoms with Crippen LogP contribution >= 0.6 is 0 Å². The fourth-order valence-corrected chi connectivity index (χ4v) is 16.7. The third kappa shape index (κ3) is 7.73. The molecule has 11 aliphatic rings. The van der Waals surface area contributed by atoms with E-state index in [4.69, 9.17) is 28.4 Å². The van der Waals surface area contributed by atoms with E-state index < -0.39 is 47.3 Å². The van der Waals surface area contributed by atoms with Crippen LogP contribution in [-0.4, -0.2) is 94.5 Å². The molecule has 7 aliphatic carbocycles. The summed E-state index contributed by atoms with van der Waals surface area (Å²) in [6.45, 7) is 16.0. The van der Waals surface area contributed by atoms with Crippen LogP contribution in [0.25, 0.3) is 0 Å². The number of esters is 1. The van der Waals surface area contributed by atoms with Gasteiger partial charge in [0.1, 0.15) is 36.1 Å². The Balaban J connectivity index is 0.609. The van der Waals surface area contributed by atoms with E-state index in [0.717, 1.165) is 65.5 Å². The molecule has 398 valence electrons. The van der Waals surface area contributed by atoms with E-state index in [9.17, 15) is 24.6 Å². The molecule has 13 rings (SSSR count). The lowest BCUT2D eigenvalue weighted by atomic mass is 9.46. The number of hydrogen-bond acceptors (Lipinski definition) is 11. The Bertz CT molecular complexity index is 2830. The minimum atomic E-state index is -0.833. The first-order chi connectivity index (χ1) is 36.0. The van der Waals surface area contributed by atoms with Gasteiger partial charge in [0.2, 0.25) is 0 Å². The van der Waals surface area contributed by atoms with Crippen LogP contribution in [0, 0.1) is 46.3 Å². The van der Waals surface area contributed by atoms with Crippen molar-refractivity contribution in [1.29, 1.82) is 0 Å². The molecule has 2 spiro atoms. The van der Waals surface area contributed by atoms with E-state index in [1.54, 1.807) is 0 Å². The van der Waals surface area contributed by atoms with Gasteiger partial charge in [0.25, 0.3) is 0 Å². The van der Waals surface area contributed by atoms with Crippen molar-refractivity contribution in [3.8, 4) is 0 Å². The Hall–Kier alpha value is -5.05. The van der Waals surface area contributed by atoms with Gasteiger partial charge in [-0.15, -0.1) is 0 Å². The second-order valence-electron chi connectivity index (χ2n) is 25.2. The standard InChI is InChI=1S/C62H74N2O11/c1-33(2)60-52(74-60)53-62(75-53)59(6)27-25-44-45(32-70-54(44)67)48(59)31-51-61(62,73-51)55(60)72-57(69)64-42-20-12-37(13-21-42)28-36-10-18-41(19-11-36)63-56(68)71-50-30-43(65)29-40(35(50)4)17-14-38-8-7-26-58(5)46(22-23-47(38)58)34(3)9-24-49(66)39-15-16-39/h9-14,17-21,24,33-34,39,43,46-53,55,65-66H,4,7-8,15-16,22-23,25-32H2,1-3,5-6H3,(H,63,68)(H,64,69)/b24-9+,38-14+,40-17-/t34-,43+,46?,47?,48-,49?,50-,51-,52-,53-,55+,58?,59-,60-,61+,62+/m0/s1. The SMILES string of the molecule is C=C1/C(=C\C=C2/CCCC3(C)C2CCC3[C@@H](C)/C=C/C(O)C2CC2)C[C@@H](O)C[C@@H]1OC(=O)Nc1ccc(Cc2ccc(NC(=O)O[C@@H]3[C@@]4(C(C)C)O[C@H]4[C@@H]4O[C@]45[C@]34O[C@H]4C[C@H]3C4=C(CC[C@@]35C)C(=O)OC4)cc2)cc1. The topological polar surface area (TPSA) is 181 Å². The van der Waals surface area contributed by atoms with Crippen LogP contribution in [0.2, 0.25) is 0 Å². The first-order valence-corrected chi connectivity index (χ1v) is 28.2. The molecule has 13 heteroatoms. The number of aliphatic hydroxyl groups is 2. The second-order valence-corrected chi connectivity index (χ2v) is 25.2. The molecule has 0 aromatic heterocycles. The Morgan fingerprint density at radius 1 is 0.840 bits per heavy atom. The Morgan fingerprint density at radius 3 is 2.24 bits per heavy atom. The molecule has 2 aromatic rings. The highest BCUT2D eigenvalue weighted by Gasteiger charge is 3.01. The largest absolute Gasteiger partial charge is 0.458 e. The van der Waals surface area contributed by atoms with E-state index in [-0.39, 0.29) is 53.1 Å². The van der Waals surface area contributed by atoms with E-state index in [1.807, 2.05) is 48.5 Å². The zero-order valence-corrected chi connectivity index (χ0v) is 44.1. The minimum absolute atomic E-state index is 0.0462. The number of aliphatic hydroxyl groups excluding tert-OH is 2. The molecule has 4 heterocycles. The second kappa shape index (κ2) is 17.7. The number of allylic oxidation sites excluding steroid dienone is 4. The van der Waals surface area contributed by atoms with Crippen molar-refractivity contribution in [2.75, 3.05) is 17.2 Å². The summed E-state index contributed by atoms with van der Waals surface area (Å²) in [4.78, 5) is 39.8. The summed E-state index contributed by atoms with van der Waals surface area (Å²) in [7, 11) is 0. The lowest BCUT2D eigenvalue weighted by Gasteiger charge is -2.53. The van der Waals surface area contributed by atoms with Gasteiger partial charge in [-0.25, -0.2) is 14.4 Å². The zero-order chi connectivity index (χ0) is 52.0. The molecule has 2 amide bonds. The van der Waals surface area contributed by atoms with E-state index in [0.29, 0.717) is 73.8 Å². The van der Waals surface area contributed by atoms with Crippen LogP contribution < -0.4 is 10.6 Å². The molecule has 13 nitrogen and oxygen atoms in total. The number of cyclic esters (lactones) is 1. The van der Waals surface area contributed by atoms with Gasteiger partial charge in [0.05, 0.1) is 18.3 Å². The van der Waals surface area contributed by atoms with Gasteiger partial charge in [-0.05, 0) is 170 Å². The van der Waals surface area contributed by atoms with E-state index >= 15 is 0 Å². The Kier molecular flexibility index (Phi) is 11.7. The lowest BCUT2D eigenvalue weighted by Crippen LogP contribution is -2.70. The maximum Gasteiger partial charge on any atom is 0.412 e. The zero-order valence-electron chi connectivity index (χ0n) is 44.1. The maximum atomic E-state index is 13.9. The van der Waals surface area contributed by atoms with Gasteiger partial charge < -0.3 is 38.6 Å². The summed E-state index contributed by atoms with van der Waals surface area (Å²) < 4.78 is 38.2. The van der Waals surface area contributed by atoms with Crippen molar-refractivity contribution in [2.45, 2.75) is 178 Å². The number of carbonyl (C=O) groups excluding carboxylic acids is 3. The third-order valence-corrected chi connectivity index (χ3v) is 21.0.